The first kappa shape index (κ1) is 14.7. The summed E-state index contributed by atoms with van der Waals surface area (Å²) in [5.74, 6) is 5.30. The summed E-state index contributed by atoms with van der Waals surface area (Å²) >= 11 is 8.31. The van der Waals surface area contributed by atoms with Crippen molar-refractivity contribution in [1.82, 2.24) is 5.43 Å². The summed E-state index contributed by atoms with van der Waals surface area (Å²) < 4.78 is 14.2. The van der Waals surface area contributed by atoms with Crippen LogP contribution >= 0.6 is 34.2 Å². The second-order valence-electron chi connectivity index (χ2n) is 4.18. The zero-order valence-electron chi connectivity index (χ0n) is 10.0. The average Bonchev–Trinajstić information content (AvgIpc) is 2.39. The SMILES string of the molecule is NNC(Cc1ccc(F)cc1Cl)c1ccccc1I. The van der Waals surface area contributed by atoms with Crippen LogP contribution in [0.1, 0.15) is 17.2 Å². The molecule has 2 rings (SSSR count). The highest BCUT2D eigenvalue weighted by molar-refractivity contribution is 14.1. The quantitative estimate of drug-likeness (QED) is 0.473. The summed E-state index contributed by atoms with van der Waals surface area (Å²) in [4.78, 5) is 0. The molecular formula is C14H13ClFIN2. The maximum Gasteiger partial charge on any atom is 0.124 e. The van der Waals surface area contributed by atoms with Crippen LogP contribution in [-0.2, 0) is 6.42 Å². The zero-order chi connectivity index (χ0) is 13.8. The Morgan fingerprint density at radius 3 is 2.63 bits per heavy atom. The molecule has 0 aliphatic carbocycles. The van der Waals surface area contributed by atoms with Crippen molar-refractivity contribution in [2.45, 2.75) is 12.5 Å². The van der Waals surface area contributed by atoms with E-state index < -0.39 is 0 Å². The average molecular weight is 391 g/mol. The van der Waals surface area contributed by atoms with Gasteiger partial charge in [0, 0.05) is 8.59 Å². The third kappa shape index (κ3) is 3.66. The molecule has 0 radical (unpaired) electrons. The molecule has 0 spiro atoms. The van der Waals surface area contributed by atoms with Gasteiger partial charge >= 0.3 is 0 Å². The lowest BCUT2D eigenvalue weighted by atomic mass is 9.99. The molecule has 0 aliphatic rings. The molecular weight excluding hydrogens is 378 g/mol. The van der Waals surface area contributed by atoms with Crippen molar-refractivity contribution in [3.63, 3.8) is 0 Å². The van der Waals surface area contributed by atoms with Crippen LogP contribution in [0.15, 0.2) is 42.5 Å². The lowest BCUT2D eigenvalue weighted by Crippen LogP contribution is -2.30. The number of halogens is 3. The van der Waals surface area contributed by atoms with Crippen molar-refractivity contribution in [2.24, 2.45) is 5.84 Å². The summed E-state index contributed by atoms with van der Waals surface area (Å²) in [6.07, 6.45) is 0.607. The first-order chi connectivity index (χ1) is 9.11. The highest BCUT2D eigenvalue weighted by Gasteiger charge is 2.15. The van der Waals surface area contributed by atoms with Gasteiger partial charge in [0.1, 0.15) is 5.82 Å². The standard InChI is InChI=1S/C14H13ClFIN2/c15-12-8-10(16)6-5-9(12)7-14(19-18)11-3-1-2-4-13(11)17/h1-6,8,14,19H,7,18H2. The molecule has 5 heteroatoms. The van der Waals surface area contributed by atoms with E-state index in [4.69, 9.17) is 17.4 Å². The summed E-state index contributed by atoms with van der Waals surface area (Å²) in [5, 5.41) is 0.422. The fourth-order valence-electron chi connectivity index (χ4n) is 1.92. The van der Waals surface area contributed by atoms with Gasteiger partial charge in [-0.3, -0.25) is 11.3 Å². The molecule has 1 unspecified atom stereocenters. The molecule has 1 atom stereocenters. The summed E-state index contributed by atoms with van der Waals surface area (Å²) in [6, 6.07) is 12.3. The number of hydrogen-bond donors (Lipinski definition) is 2. The van der Waals surface area contributed by atoms with Gasteiger partial charge in [-0.05, 0) is 58.3 Å². The van der Waals surface area contributed by atoms with Crippen LogP contribution in [0.5, 0.6) is 0 Å². The van der Waals surface area contributed by atoms with Crippen LogP contribution in [0, 0.1) is 9.39 Å². The number of rotatable bonds is 4. The second-order valence-corrected chi connectivity index (χ2v) is 5.75. The third-order valence-corrected chi connectivity index (χ3v) is 4.26. The van der Waals surface area contributed by atoms with Crippen LogP contribution in [-0.4, -0.2) is 0 Å². The first-order valence-corrected chi connectivity index (χ1v) is 7.22. The van der Waals surface area contributed by atoms with Crippen molar-refractivity contribution in [1.29, 1.82) is 0 Å². The fraction of sp³-hybridized carbons (Fsp3) is 0.143. The van der Waals surface area contributed by atoms with E-state index in [2.05, 4.69) is 28.0 Å². The Hall–Kier alpha value is -0.690. The molecule has 0 saturated heterocycles. The van der Waals surface area contributed by atoms with Gasteiger partial charge in [-0.25, -0.2) is 4.39 Å². The van der Waals surface area contributed by atoms with Crippen LogP contribution < -0.4 is 11.3 Å². The van der Waals surface area contributed by atoms with Crippen molar-refractivity contribution in [2.75, 3.05) is 0 Å². The highest BCUT2D eigenvalue weighted by atomic mass is 127. The maximum atomic E-state index is 13.0. The Kier molecular flexibility index (Phi) is 5.15. The van der Waals surface area contributed by atoms with E-state index in [-0.39, 0.29) is 11.9 Å². The van der Waals surface area contributed by atoms with Crippen LogP contribution in [0.3, 0.4) is 0 Å². The maximum absolute atomic E-state index is 13.0. The predicted molar refractivity (Wildman–Crippen MR) is 84.3 cm³/mol. The molecule has 100 valence electrons. The van der Waals surface area contributed by atoms with E-state index in [9.17, 15) is 4.39 Å². The van der Waals surface area contributed by atoms with Gasteiger partial charge < -0.3 is 0 Å². The van der Waals surface area contributed by atoms with Gasteiger partial charge in [0.2, 0.25) is 0 Å². The Morgan fingerprint density at radius 1 is 1.26 bits per heavy atom. The lowest BCUT2D eigenvalue weighted by molar-refractivity contribution is 0.548. The Labute approximate surface area is 130 Å². The summed E-state index contributed by atoms with van der Waals surface area (Å²) in [5.41, 5.74) is 4.76. The van der Waals surface area contributed by atoms with Crippen LogP contribution in [0.4, 0.5) is 4.39 Å². The van der Waals surface area contributed by atoms with Crippen LogP contribution in [0.25, 0.3) is 0 Å². The molecule has 0 saturated carbocycles. The number of nitrogens with two attached hydrogens (primary N) is 1. The van der Waals surface area contributed by atoms with Gasteiger partial charge in [-0.15, -0.1) is 0 Å². The Morgan fingerprint density at radius 2 is 2.00 bits per heavy atom. The van der Waals surface area contributed by atoms with E-state index in [1.165, 1.54) is 12.1 Å². The lowest BCUT2D eigenvalue weighted by Gasteiger charge is -2.18. The van der Waals surface area contributed by atoms with Gasteiger partial charge in [-0.2, -0.15) is 0 Å². The molecule has 0 heterocycles. The van der Waals surface area contributed by atoms with E-state index in [0.717, 1.165) is 14.7 Å². The van der Waals surface area contributed by atoms with Crippen molar-refractivity contribution in [3.05, 3.63) is 68.0 Å². The number of hydrogen-bond acceptors (Lipinski definition) is 2. The highest BCUT2D eigenvalue weighted by Crippen LogP contribution is 2.26. The Bertz CT molecular complexity index is 577. The molecule has 0 aromatic heterocycles. The van der Waals surface area contributed by atoms with E-state index >= 15 is 0 Å². The summed E-state index contributed by atoms with van der Waals surface area (Å²) in [7, 11) is 0. The minimum absolute atomic E-state index is 0.0592. The van der Waals surface area contributed by atoms with E-state index in [1.807, 2.05) is 24.3 Å². The van der Waals surface area contributed by atoms with Crippen molar-refractivity contribution in [3.8, 4) is 0 Å². The van der Waals surface area contributed by atoms with Crippen molar-refractivity contribution >= 4 is 34.2 Å². The normalized spacial score (nSPS) is 12.4. The minimum Gasteiger partial charge on any atom is -0.271 e. The number of nitrogens with one attached hydrogen (secondary N) is 1. The molecule has 0 aliphatic heterocycles. The smallest absolute Gasteiger partial charge is 0.124 e. The zero-order valence-corrected chi connectivity index (χ0v) is 13.0. The molecule has 2 nitrogen and oxygen atoms in total. The van der Waals surface area contributed by atoms with Gasteiger partial charge in [-0.1, -0.05) is 35.9 Å². The molecule has 19 heavy (non-hydrogen) atoms. The molecule has 2 aromatic rings. The minimum atomic E-state index is -0.333. The fourth-order valence-corrected chi connectivity index (χ4v) is 2.93. The van der Waals surface area contributed by atoms with Crippen LogP contribution in [0.2, 0.25) is 5.02 Å². The topological polar surface area (TPSA) is 38.0 Å². The van der Waals surface area contributed by atoms with Gasteiger partial charge in [0.15, 0.2) is 0 Å². The second kappa shape index (κ2) is 6.65. The monoisotopic (exact) mass is 390 g/mol. The van der Waals surface area contributed by atoms with Gasteiger partial charge in [0.05, 0.1) is 6.04 Å². The number of benzene rings is 2. The van der Waals surface area contributed by atoms with E-state index in [0.29, 0.717) is 11.4 Å². The molecule has 0 bridgehead atoms. The molecule has 0 fully saturated rings. The molecule has 0 amide bonds. The molecule has 3 N–H and O–H groups in total. The predicted octanol–water partition coefficient (Wildman–Crippen LogP) is 3.83. The molecule has 2 aromatic carbocycles. The first-order valence-electron chi connectivity index (χ1n) is 5.76. The van der Waals surface area contributed by atoms with E-state index in [1.54, 1.807) is 6.07 Å². The van der Waals surface area contributed by atoms with Gasteiger partial charge in [0.25, 0.3) is 0 Å². The largest absolute Gasteiger partial charge is 0.271 e. The third-order valence-electron chi connectivity index (χ3n) is 2.92. The summed E-state index contributed by atoms with van der Waals surface area (Å²) in [6.45, 7) is 0. The Balaban J connectivity index is 2.27. The van der Waals surface area contributed by atoms with Crippen molar-refractivity contribution < 1.29 is 4.39 Å². The number of hydrazine groups is 1.